The molecule has 0 spiro atoms. The Morgan fingerprint density at radius 3 is 1.27 bits per heavy atom. The lowest BCUT2D eigenvalue weighted by Gasteiger charge is -2.15. The second kappa shape index (κ2) is 7.93. The van der Waals surface area contributed by atoms with E-state index in [-0.39, 0.29) is 24.2 Å². The number of hydrogen-bond donors (Lipinski definition) is 2. The van der Waals surface area contributed by atoms with Gasteiger partial charge < -0.3 is 9.79 Å². The Hall–Kier alpha value is -0.400. The molecule has 2 atom stereocenters. The minimum Gasteiger partial charge on any atom is -0.344 e. The standard InChI is InChI=1S/C16H28O4P2/c1-13(2)9-21(17,18)11-15-5-7-16(8-6-15)12-22(19,20)10-14(3)4/h5-8,13-14H,9-12H2,1-4H3,(H,17,18)(H,19,20). The molecule has 2 N–H and O–H groups in total. The van der Waals surface area contributed by atoms with Gasteiger partial charge in [-0.25, -0.2) is 0 Å². The van der Waals surface area contributed by atoms with Crippen molar-refractivity contribution in [3.8, 4) is 0 Å². The average molecular weight is 346 g/mol. The van der Waals surface area contributed by atoms with E-state index in [0.717, 1.165) is 11.1 Å². The highest BCUT2D eigenvalue weighted by atomic mass is 31.2. The first-order valence-electron chi connectivity index (χ1n) is 7.68. The van der Waals surface area contributed by atoms with Crippen molar-refractivity contribution in [2.24, 2.45) is 11.8 Å². The highest BCUT2D eigenvalue weighted by Crippen LogP contribution is 2.47. The van der Waals surface area contributed by atoms with Gasteiger partial charge in [0.1, 0.15) is 0 Å². The smallest absolute Gasteiger partial charge is 0.205 e. The summed E-state index contributed by atoms with van der Waals surface area (Å²) in [5, 5.41) is 0. The molecule has 1 aromatic rings. The van der Waals surface area contributed by atoms with Crippen LogP contribution in [0.25, 0.3) is 0 Å². The molecule has 1 rings (SSSR count). The van der Waals surface area contributed by atoms with Gasteiger partial charge in [0.2, 0.25) is 14.7 Å². The summed E-state index contributed by atoms with van der Waals surface area (Å²) in [5.41, 5.74) is 1.60. The van der Waals surface area contributed by atoms with E-state index in [9.17, 15) is 18.9 Å². The molecule has 0 aliphatic carbocycles. The molecule has 0 fully saturated rings. The zero-order valence-corrected chi connectivity index (χ0v) is 15.7. The lowest BCUT2D eigenvalue weighted by molar-refractivity contribution is 0.465. The van der Waals surface area contributed by atoms with Crippen molar-refractivity contribution in [2.75, 3.05) is 12.3 Å². The molecule has 126 valence electrons. The van der Waals surface area contributed by atoms with Gasteiger partial charge in [0, 0.05) is 24.6 Å². The molecule has 0 saturated carbocycles. The van der Waals surface area contributed by atoms with Gasteiger partial charge in [-0.1, -0.05) is 52.0 Å². The fraction of sp³-hybridized carbons (Fsp3) is 0.625. The first kappa shape index (κ1) is 19.6. The van der Waals surface area contributed by atoms with Crippen LogP contribution in [-0.2, 0) is 21.5 Å². The van der Waals surface area contributed by atoms with Crippen LogP contribution < -0.4 is 0 Å². The second-order valence-electron chi connectivity index (χ2n) is 6.98. The highest BCUT2D eigenvalue weighted by molar-refractivity contribution is 7.57. The van der Waals surface area contributed by atoms with Crippen molar-refractivity contribution in [3.05, 3.63) is 35.4 Å². The maximum absolute atomic E-state index is 12.1. The van der Waals surface area contributed by atoms with E-state index in [2.05, 4.69) is 0 Å². The van der Waals surface area contributed by atoms with E-state index in [1.807, 2.05) is 27.7 Å². The van der Waals surface area contributed by atoms with Crippen LogP contribution in [0.5, 0.6) is 0 Å². The SMILES string of the molecule is CC(C)CP(=O)(O)Cc1ccc(CP(=O)(O)CC(C)C)cc1. The summed E-state index contributed by atoms with van der Waals surface area (Å²) in [6.45, 7) is 7.72. The fourth-order valence-electron chi connectivity index (χ4n) is 2.59. The highest BCUT2D eigenvalue weighted by Gasteiger charge is 2.22. The Bertz CT molecular complexity index is 513. The van der Waals surface area contributed by atoms with E-state index in [1.165, 1.54) is 0 Å². The van der Waals surface area contributed by atoms with E-state index in [0.29, 0.717) is 12.3 Å². The lowest BCUT2D eigenvalue weighted by atomic mass is 10.2. The van der Waals surface area contributed by atoms with Gasteiger partial charge in [0.05, 0.1) is 0 Å². The number of benzene rings is 1. The fourth-order valence-corrected chi connectivity index (χ4v) is 6.69. The molecule has 0 aliphatic heterocycles. The van der Waals surface area contributed by atoms with Crippen LogP contribution in [0.1, 0.15) is 38.8 Å². The lowest BCUT2D eigenvalue weighted by Crippen LogP contribution is -2.01. The number of hydrogen-bond acceptors (Lipinski definition) is 2. The molecule has 0 amide bonds. The van der Waals surface area contributed by atoms with Crippen LogP contribution in [0.4, 0.5) is 0 Å². The summed E-state index contributed by atoms with van der Waals surface area (Å²) in [7, 11) is -6.30. The van der Waals surface area contributed by atoms with Crippen LogP contribution in [0.15, 0.2) is 24.3 Å². The molecule has 2 unspecified atom stereocenters. The van der Waals surface area contributed by atoms with Gasteiger partial charge in [0.15, 0.2) is 0 Å². The summed E-state index contributed by atoms with van der Waals surface area (Å²) in [5.74, 6) is 0.373. The zero-order valence-electron chi connectivity index (χ0n) is 13.9. The molecule has 0 saturated heterocycles. The molecule has 22 heavy (non-hydrogen) atoms. The van der Waals surface area contributed by atoms with Gasteiger partial charge in [-0.05, 0) is 23.0 Å². The van der Waals surface area contributed by atoms with Crippen molar-refractivity contribution in [2.45, 2.75) is 40.0 Å². The molecule has 0 aromatic heterocycles. The minimum atomic E-state index is -3.15. The van der Waals surface area contributed by atoms with Gasteiger partial charge in [-0.15, -0.1) is 0 Å². The molecule has 0 bridgehead atoms. The first-order chi connectivity index (χ1) is 9.99. The molecule has 1 aromatic carbocycles. The average Bonchev–Trinajstić information content (AvgIpc) is 2.27. The molecular formula is C16H28O4P2. The van der Waals surface area contributed by atoms with Crippen LogP contribution >= 0.6 is 14.7 Å². The number of rotatable bonds is 8. The van der Waals surface area contributed by atoms with Crippen LogP contribution in [0, 0.1) is 11.8 Å². The van der Waals surface area contributed by atoms with Gasteiger partial charge in [0.25, 0.3) is 0 Å². The van der Waals surface area contributed by atoms with Gasteiger partial charge in [-0.2, -0.15) is 0 Å². The van der Waals surface area contributed by atoms with E-state index in [4.69, 9.17) is 0 Å². The monoisotopic (exact) mass is 346 g/mol. The van der Waals surface area contributed by atoms with Crippen LogP contribution in [0.2, 0.25) is 0 Å². The summed E-state index contributed by atoms with van der Waals surface area (Å²) < 4.78 is 24.2. The van der Waals surface area contributed by atoms with Gasteiger partial charge >= 0.3 is 0 Å². The minimum absolute atomic E-state index is 0.161. The Kier molecular flexibility index (Phi) is 7.08. The maximum Gasteiger partial charge on any atom is 0.205 e. The van der Waals surface area contributed by atoms with Crippen molar-refractivity contribution in [1.29, 1.82) is 0 Å². The zero-order chi connectivity index (χ0) is 17.0. The molecule has 6 heteroatoms. The Balaban J connectivity index is 2.71. The predicted molar refractivity (Wildman–Crippen MR) is 92.9 cm³/mol. The molecule has 4 nitrogen and oxygen atoms in total. The molecule has 0 radical (unpaired) electrons. The van der Waals surface area contributed by atoms with Crippen molar-refractivity contribution < 1.29 is 18.9 Å². The Morgan fingerprint density at radius 2 is 1.05 bits per heavy atom. The van der Waals surface area contributed by atoms with Crippen molar-refractivity contribution in [1.82, 2.24) is 0 Å². The summed E-state index contributed by atoms with van der Waals surface area (Å²) >= 11 is 0. The van der Waals surface area contributed by atoms with Crippen LogP contribution in [-0.4, -0.2) is 22.1 Å². The third-order valence-electron chi connectivity index (χ3n) is 3.18. The second-order valence-corrected chi connectivity index (χ2v) is 11.7. The molecule has 0 aliphatic rings. The van der Waals surface area contributed by atoms with E-state index in [1.54, 1.807) is 24.3 Å². The van der Waals surface area contributed by atoms with Crippen LogP contribution in [0.3, 0.4) is 0 Å². The molecular weight excluding hydrogens is 318 g/mol. The summed E-state index contributed by atoms with van der Waals surface area (Å²) in [6.07, 6.45) is 0.951. The third-order valence-corrected chi connectivity index (χ3v) is 7.50. The molecule has 0 heterocycles. The van der Waals surface area contributed by atoms with E-state index < -0.39 is 14.7 Å². The van der Waals surface area contributed by atoms with Crippen molar-refractivity contribution in [3.63, 3.8) is 0 Å². The maximum atomic E-state index is 12.1. The van der Waals surface area contributed by atoms with E-state index >= 15 is 0 Å². The quantitative estimate of drug-likeness (QED) is 0.678. The normalized spacial score (nSPS) is 17.5. The van der Waals surface area contributed by atoms with Crippen molar-refractivity contribution >= 4 is 14.7 Å². The summed E-state index contributed by atoms with van der Waals surface area (Å²) in [6, 6.07) is 7.14. The summed E-state index contributed by atoms with van der Waals surface area (Å²) in [4.78, 5) is 19.9. The third kappa shape index (κ3) is 7.74. The largest absolute Gasteiger partial charge is 0.344 e. The first-order valence-corrected chi connectivity index (χ1v) is 11.7. The Labute approximate surface area is 133 Å². The Morgan fingerprint density at radius 1 is 0.773 bits per heavy atom. The van der Waals surface area contributed by atoms with Gasteiger partial charge in [-0.3, -0.25) is 9.13 Å². The predicted octanol–water partition coefficient (Wildman–Crippen LogP) is 4.54. The topological polar surface area (TPSA) is 74.6 Å².